The van der Waals surface area contributed by atoms with E-state index in [2.05, 4.69) is 49.9 Å². The summed E-state index contributed by atoms with van der Waals surface area (Å²) in [4.78, 5) is 33.1. The molecule has 0 spiro atoms. The second-order valence-electron chi connectivity index (χ2n) is 11.3. The van der Waals surface area contributed by atoms with E-state index < -0.39 is 0 Å². The minimum atomic E-state index is -0.0884. The number of amides is 2. The maximum atomic E-state index is 13.7. The summed E-state index contributed by atoms with van der Waals surface area (Å²) in [5.74, 6) is 0.723. The van der Waals surface area contributed by atoms with Crippen molar-refractivity contribution in [2.24, 2.45) is 5.92 Å². The first-order valence-electron chi connectivity index (χ1n) is 13.2. The Morgan fingerprint density at radius 3 is 2.09 bits per heavy atom. The van der Waals surface area contributed by atoms with Gasteiger partial charge in [0.2, 0.25) is 5.91 Å². The normalized spacial score (nSPS) is 18.5. The minimum Gasteiger partial charge on any atom is -0.340 e. The van der Waals surface area contributed by atoms with Crippen molar-refractivity contribution in [3.05, 3.63) is 71.3 Å². The summed E-state index contributed by atoms with van der Waals surface area (Å²) >= 11 is 0. The van der Waals surface area contributed by atoms with Crippen LogP contribution in [-0.4, -0.2) is 65.8 Å². The van der Waals surface area contributed by atoms with E-state index in [1.807, 2.05) is 47.2 Å². The number of carbonyl (C=O) groups excluding carboxylic acids is 2. The SMILES string of the molecule is CN(Cc1ccccc1)C(=O)[C@H](C1CCCC1)N1CCN(C(=O)c2ccc(C(C)(C)C)cc2)CC1. The maximum Gasteiger partial charge on any atom is 0.253 e. The van der Waals surface area contributed by atoms with E-state index in [9.17, 15) is 9.59 Å². The summed E-state index contributed by atoms with van der Waals surface area (Å²) in [6.07, 6.45) is 4.66. The van der Waals surface area contributed by atoms with Gasteiger partial charge >= 0.3 is 0 Å². The van der Waals surface area contributed by atoms with Crippen LogP contribution in [0.25, 0.3) is 0 Å². The van der Waals surface area contributed by atoms with Gasteiger partial charge in [-0.3, -0.25) is 14.5 Å². The van der Waals surface area contributed by atoms with Crippen LogP contribution in [0.15, 0.2) is 54.6 Å². The van der Waals surface area contributed by atoms with Crippen LogP contribution in [0.5, 0.6) is 0 Å². The molecular formula is C30H41N3O2. The van der Waals surface area contributed by atoms with Crippen LogP contribution in [0.3, 0.4) is 0 Å². The number of nitrogens with zero attached hydrogens (tertiary/aromatic N) is 3. The van der Waals surface area contributed by atoms with Crippen molar-refractivity contribution < 1.29 is 9.59 Å². The monoisotopic (exact) mass is 475 g/mol. The zero-order valence-corrected chi connectivity index (χ0v) is 21.9. The van der Waals surface area contributed by atoms with E-state index in [1.165, 1.54) is 18.4 Å². The predicted molar refractivity (Wildman–Crippen MR) is 141 cm³/mol. The molecular weight excluding hydrogens is 434 g/mol. The summed E-state index contributed by atoms with van der Waals surface area (Å²) in [7, 11) is 1.93. The van der Waals surface area contributed by atoms with E-state index in [-0.39, 0.29) is 23.3 Å². The fourth-order valence-corrected chi connectivity index (χ4v) is 5.59. The number of likely N-dealkylation sites (N-methyl/N-ethyl adjacent to an activating group) is 1. The van der Waals surface area contributed by atoms with Gasteiger partial charge in [0.1, 0.15) is 0 Å². The first-order valence-corrected chi connectivity index (χ1v) is 13.2. The van der Waals surface area contributed by atoms with Crippen LogP contribution in [0, 0.1) is 5.92 Å². The van der Waals surface area contributed by atoms with Crippen molar-refractivity contribution in [2.45, 2.75) is 64.5 Å². The van der Waals surface area contributed by atoms with Gasteiger partial charge in [-0.2, -0.15) is 0 Å². The lowest BCUT2D eigenvalue weighted by Gasteiger charge is -2.42. The van der Waals surface area contributed by atoms with Crippen LogP contribution >= 0.6 is 0 Å². The highest BCUT2D eigenvalue weighted by Gasteiger charge is 2.38. The van der Waals surface area contributed by atoms with E-state index >= 15 is 0 Å². The molecule has 1 aliphatic carbocycles. The maximum absolute atomic E-state index is 13.7. The Morgan fingerprint density at radius 2 is 1.51 bits per heavy atom. The molecule has 2 aromatic carbocycles. The van der Waals surface area contributed by atoms with Gasteiger partial charge in [-0.25, -0.2) is 0 Å². The minimum absolute atomic E-state index is 0.0721. The molecule has 2 aliphatic rings. The summed E-state index contributed by atoms with van der Waals surface area (Å²) in [5.41, 5.74) is 3.21. The van der Waals surface area contributed by atoms with Crippen molar-refractivity contribution in [3.63, 3.8) is 0 Å². The van der Waals surface area contributed by atoms with Gasteiger partial charge in [-0.05, 0) is 47.4 Å². The lowest BCUT2D eigenvalue weighted by molar-refractivity contribution is -0.139. The van der Waals surface area contributed by atoms with Gasteiger partial charge in [-0.15, -0.1) is 0 Å². The average Bonchev–Trinajstić information content (AvgIpc) is 3.39. The van der Waals surface area contributed by atoms with Crippen molar-refractivity contribution in [2.75, 3.05) is 33.2 Å². The van der Waals surface area contributed by atoms with Gasteiger partial charge in [0.05, 0.1) is 6.04 Å². The second kappa shape index (κ2) is 10.9. The smallest absolute Gasteiger partial charge is 0.253 e. The third kappa shape index (κ3) is 6.13. The number of carbonyl (C=O) groups is 2. The molecule has 4 rings (SSSR count). The number of hydrogen-bond acceptors (Lipinski definition) is 3. The van der Waals surface area contributed by atoms with Crippen LogP contribution in [0.4, 0.5) is 0 Å². The van der Waals surface area contributed by atoms with Gasteiger partial charge in [0.25, 0.3) is 5.91 Å². The predicted octanol–water partition coefficient (Wildman–Crippen LogP) is 4.96. The summed E-state index contributed by atoms with van der Waals surface area (Å²) < 4.78 is 0. The van der Waals surface area contributed by atoms with Crippen molar-refractivity contribution >= 4 is 11.8 Å². The fourth-order valence-electron chi connectivity index (χ4n) is 5.59. The quantitative estimate of drug-likeness (QED) is 0.593. The summed E-state index contributed by atoms with van der Waals surface area (Å²) in [6.45, 7) is 10.0. The Hall–Kier alpha value is -2.66. The highest BCUT2D eigenvalue weighted by molar-refractivity contribution is 5.94. The van der Waals surface area contributed by atoms with Crippen LogP contribution in [0.2, 0.25) is 0 Å². The molecule has 35 heavy (non-hydrogen) atoms. The third-order valence-corrected chi connectivity index (χ3v) is 7.73. The number of rotatable bonds is 6. The van der Waals surface area contributed by atoms with Gasteiger partial charge < -0.3 is 9.80 Å². The molecule has 0 bridgehead atoms. The third-order valence-electron chi connectivity index (χ3n) is 7.73. The lowest BCUT2D eigenvalue weighted by atomic mass is 9.86. The van der Waals surface area contributed by atoms with Gasteiger partial charge in [0.15, 0.2) is 0 Å². The standard InChI is InChI=1S/C30H41N3O2/c1-30(2,3)26-16-14-25(15-17-26)28(34)33-20-18-32(19-21-33)27(24-12-8-9-13-24)29(35)31(4)22-23-10-6-5-7-11-23/h5-7,10-11,14-17,24,27H,8-9,12-13,18-22H2,1-4H3/t27-/m0/s1. The van der Waals surface area contributed by atoms with E-state index in [4.69, 9.17) is 0 Å². The van der Waals surface area contributed by atoms with Crippen molar-refractivity contribution in [1.82, 2.24) is 14.7 Å². The zero-order valence-electron chi connectivity index (χ0n) is 21.9. The van der Waals surface area contributed by atoms with E-state index in [0.717, 1.165) is 37.1 Å². The first kappa shape index (κ1) is 25.4. The molecule has 2 aromatic rings. The Labute approximate surface area is 211 Å². The molecule has 0 unspecified atom stereocenters. The second-order valence-corrected chi connectivity index (χ2v) is 11.3. The largest absolute Gasteiger partial charge is 0.340 e. The Morgan fingerprint density at radius 1 is 0.914 bits per heavy atom. The Kier molecular flexibility index (Phi) is 7.95. The zero-order chi connectivity index (χ0) is 25.0. The average molecular weight is 476 g/mol. The molecule has 1 saturated carbocycles. The fraction of sp³-hybridized carbons (Fsp3) is 0.533. The lowest BCUT2D eigenvalue weighted by Crippen LogP contribution is -2.58. The van der Waals surface area contributed by atoms with Crippen LogP contribution in [0.1, 0.15) is 67.9 Å². The van der Waals surface area contributed by atoms with Gasteiger partial charge in [0, 0.05) is 45.3 Å². The molecule has 2 fully saturated rings. The molecule has 1 aliphatic heterocycles. The molecule has 0 aromatic heterocycles. The summed E-state index contributed by atoms with van der Waals surface area (Å²) in [5, 5.41) is 0. The number of piperazine rings is 1. The Balaban J connectivity index is 1.40. The van der Waals surface area contributed by atoms with E-state index in [1.54, 1.807) is 0 Å². The first-order chi connectivity index (χ1) is 16.7. The molecule has 0 radical (unpaired) electrons. The molecule has 1 heterocycles. The number of hydrogen-bond donors (Lipinski definition) is 0. The highest BCUT2D eigenvalue weighted by atomic mass is 16.2. The molecule has 188 valence electrons. The highest BCUT2D eigenvalue weighted by Crippen LogP contribution is 2.32. The van der Waals surface area contributed by atoms with Gasteiger partial charge in [-0.1, -0.05) is 76.1 Å². The number of benzene rings is 2. The molecule has 5 nitrogen and oxygen atoms in total. The molecule has 1 atom stereocenters. The molecule has 2 amide bonds. The summed E-state index contributed by atoms with van der Waals surface area (Å²) in [6, 6.07) is 18.2. The van der Waals surface area contributed by atoms with Crippen molar-refractivity contribution in [3.8, 4) is 0 Å². The van der Waals surface area contributed by atoms with Crippen LogP contribution in [-0.2, 0) is 16.8 Å². The van der Waals surface area contributed by atoms with Crippen molar-refractivity contribution in [1.29, 1.82) is 0 Å². The van der Waals surface area contributed by atoms with E-state index in [0.29, 0.717) is 25.6 Å². The Bertz CT molecular complexity index is 983. The molecule has 1 saturated heterocycles. The molecule has 5 heteroatoms. The van der Waals surface area contributed by atoms with Crippen LogP contribution < -0.4 is 0 Å². The molecule has 0 N–H and O–H groups in total. The topological polar surface area (TPSA) is 43.9 Å².